The van der Waals surface area contributed by atoms with Crippen molar-refractivity contribution in [1.29, 1.82) is 0 Å². The molecule has 10 heavy (non-hydrogen) atoms. The number of nitrogens with one attached hydrogen (secondary N) is 1. The highest BCUT2D eigenvalue weighted by Gasteiger charge is 2.12. The third-order valence-electron chi connectivity index (χ3n) is 0.865. The first-order valence-electron chi connectivity index (χ1n) is 3.37. The standard InChI is InChI=1S/C6H15NO2Si/c1-10(2,3)9-5-4-7-6-8/h6H,4-5H2,1-3H3,(H,7,8). The summed E-state index contributed by atoms with van der Waals surface area (Å²) in [6.45, 7) is 7.61. The molecule has 0 bridgehead atoms. The van der Waals surface area contributed by atoms with Crippen LogP contribution in [0.3, 0.4) is 0 Å². The fourth-order valence-corrected chi connectivity index (χ4v) is 1.19. The molecular weight excluding hydrogens is 146 g/mol. The Morgan fingerprint density at radius 1 is 1.50 bits per heavy atom. The first-order chi connectivity index (χ1) is 4.56. The van der Waals surface area contributed by atoms with Gasteiger partial charge in [-0.2, -0.15) is 0 Å². The van der Waals surface area contributed by atoms with E-state index in [4.69, 9.17) is 4.43 Å². The molecule has 0 saturated carbocycles. The molecule has 1 N–H and O–H groups in total. The zero-order valence-electron chi connectivity index (χ0n) is 6.81. The molecule has 1 amide bonds. The van der Waals surface area contributed by atoms with Gasteiger partial charge >= 0.3 is 0 Å². The fourth-order valence-electron chi connectivity index (χ4n) is 0.475. The van der Waals surface area contributed by atoms with Crippen LogP contribution in [-0.4, -0.2) is 27.9 Å². The van der Waals surface area contributed by atoms with Gasteiger partial charge in [0, 0.05) is 6.54 Å². The van der Waals surface area contributed by atoms with E-state index in [0.717, 1.165) is 0 Å². The molecule has 60 valence electrons. The summed E-state index contributed by atoms with van der Waals surface area (Å²) in [5.41, 5.74) is 0. The van der Waals surface area contributed by atoms with Gasteiger partial charge in [0.15, 0.2) is 8.32 Å². The Balaban J connectivity index is 3.12. The predicted octanol–water partition coefficient (Wildman–Crippen LogP) is 0.584. The van der Waals surface area contributed by atoms with Crippen LogP contribution in [0.4, 0.5) is 0 Å². The molecule has 3 nitrogen and oxygen atoms in total. The first kappa shape index (κ1) is 9.65. The Bertz CT molecular complexity index is 100. The van der Waals surface area contributed by atoms with E-state index < -0.39 is 8.32 Å². The van der Waals surface area contributed by atoms with Crippen LogP contribution in [0.1, 0.15) is 0 Å². The molecular formula is C6H15NO2Si. The summed E-state index contributed by atoms with van der Waals surface area (Å²) < 4.78 is 5.45. The molecule has 0 spiro atoms. The lowest BCUT2D eigenvalue weighted by atomic mass is 10.7. The molecule has 0 heterocycles. The smallest absolute Gasteiger partial charge is 0.207 e. The van der Waals surface area contributed by atoms with Gasteiger partial charge in [0.1, 0.15) is 0 Å². The number of hydrogen-bond acceptors (Lipinski definition) is 2. The van der Waals surface area contributed by atoms with Gasteiger partial charge in [0.25, 0.3) is 0 Å². The van der Waals surface area contributed by atoms with Crippen molar-refractivity contribution >= 4 is 14.7 Å². The van der Waals surface area contributed by atoms with E-state index in [1.165, 1.54) is 0 Å². The van der Waals surface area contributed by atoms with Crippen LogP contribution in [0.5, 0.6) is 0 Å². The summed E-state index contributed by atoms with van der Waals surface area (Å²) in [6.07, 6.45) is 0.688. The molecule has 0 radical (unpaired) electrons. The van der Waals surface area contributed by atoms with Crippen LogP contribution in [0.2, 0.25) is 19.6 Å². The minimum Gasteiger partial charge on any atom is -0.416 e. The molecule has 0 saturated heterocycles. The average molecular weight is 161 g/mol. The topological polar surface area (TPSA) is 38.3 Å². The summed E-state index contributed by atoms with van der Waals surface area (Å²) in [7, 11) is -1.36. The molecule has 0 aliphatic heterocycles. The highest BCUT2D eigenvalue weighted by atomic mass is 28.4. The first-order valence-corrected chi connectivity index (χ1v) is 6.78. The maximum atomic E-state index is 9.77. The van der Waals surface area contributed by atoms with Gasteiger partial charge in [0.05, 0.1) is 6.61 Å². The van der Waals surface area contributed by atoms with E-state index >= 15 is 0 Å². The summed E-state index contributed by atoms with van der Waals surface area (Å²) in [5, 5.41) is 2.54. The Morgan fingerprint density at radius 2 is 2.10 bits per heavy atom. The number of carbonyl (C=O) groups excluding carboxylic acids is 1. The van der Waals surface area contributed by atoms with Crippen molar-refractivity contribution in [2.75, 3.05) is 13.2 Å². The monoisotopic (exact) mass is 161 g/mol. The number of rotatable bonds is 5. The molecule has 0 atom stereocenters. The fraction of sp³-hybridized carbons (Fsp3) is 0.833. The molecule has 0 aromatic heterocycles. The molecule has 0 rings (SSSR count). The molecule has 4 heteroatoms. The van der Waals surface area contributed by atoms with Gasteiger partial charge in [-0.3, -0.25) is 4.79 Å². The second-order valence-electron chi connectivity index (χ2n) is 3.03. The molecule has 0 unspecified atom stereocenters. The van der Waals surface area contributed by atoms with E-state index in [2.05, 4.69) is 25.0 Å². The van der Waals surface area contributed by atoms with Gasteiger partial charge in [-0.1, -0.05) is 0 Å². The van der Waals surface area contributed by atoms with Gasteiger partial charge in [0.2, 0.25) is 6.41 Å². The van der Waals surface area contributed by atoms with E-state index in [1.807, 2.05) is 0 Å². The van der Waals surface area contributed by atoms with Crippen LogP contribution in [0, 0.1) is 0 Å². The lowest BCUT2D eigenvalue weighted by Gasteiger charge is -2.16. The average Bonchev–Trinajstić information content (AvgIpc) is 1.78. The predicted molar refractivity (Wildman–Crippen MR) is 43.4 cm³/mol. The molecule has 0 aromatic carbocycles. The number of carbonyl (C=O) groups is 1. The van der Waals surface area contributed by atoms with E-state index in [1.54, 1.807) is 0 Å². The van der Waals surface area contributed by atoms with Gasteiger partial charge in [-0.15, -0.1) is 0 Å². The van der Waals surface area contributed by atoms with Crippen LogP contribution < -0.4 is 5.32 Å². The zero-order chi connectivity index (χ0) is 8.04. The summed E-state index contributed by atoms with van der Waals surface area (Å²) in [6, 6.07) is 0. The maximum absolute atomic E-state index is 9.77. The SMILES string of the molecule is C[Si](C)(C)OCCNC=O. The Labute approximate surface area is 62.9 Å². The van der Waals surface area contributed by atoms with Crippen LogP contribution >= 0.6 is 0 Å². The summed E-state index contributed by atoms with van der Waals surface area (Å²) >= 11 is 0. The Morgan fingerprint density at radius 3 is 2.50 bits per heavy atom. The van der Waals surface area contributed by atoms with Crippen LogP contribution in [-0.2, 0) is 9.22 Å². The Hall–Kier alpha value is -0.353. The van der Waals surface area contributed by atoms with Crippen molar-refractivity contribution < 1.29 is 9.22 Å². The van der Waals surface area contributed by atoms with Gasteiger partial charge in [-0.05, 0) is 19.6 Å². The summed E-state index contributed by atoms with van der Waals surface area (Å²) in [5.74, 6) is 0. The zero-order valence-corrected chi connectivity index (χ0v) is 7.81. The van der Waals surface area contributed by atoms with Crippen molar-refractivity contribution in [3.8, 4) is 0 Å². The number of amides is 1. The molecule has 0 fully saturated rings. The van der Waals surface area contributed by atoms with Crippen molar-refractivity contribution in [2.45, 2.75) is 19.6 Å². The Kier molecular flexibility index (Phi) is 4.30. The largest absolute Gasteiger partial charge is 0.416 e. The second kappa shape index (κ2) is 4.46. The van der Waals surface area contributed by atoms with Crippen molar-refractivity contribution in [2.24, 2.45) is 0 Å². The van der Waals surface area contributed by atoms with Crippen LogP contribution in [0.15, 0.2) is 0 Å². The van der Waals surface area contributed by atoms with Crippen molar-refractivity contribution in [3.05, 3.63) is 0 Å². The highest BCUT2D eigenvalue weighted by Crippen LogP contribution is 2.00. The van der Waals surface area contributed by atoms with E-state index in [-0.39, 0.29) is 0 Å². The maximum Gasteiger partial charge on any atom is 0.207 e. The highest BCUT2D eigenvalue weighted by molar-refractivity contribution is 6.69. The lowest BCUT2D eigenvalue weighted by Crippen LogP contribution is -2.29. The quantitative estimate of drug-likeness (QED) is 0.364. The second-order valence-corrected chi connectivity index (χ2v) is 7.55. The van der Waals surface area contributed by atoms with Crippen molar-refractivity contribution in [3.63, 3.8) is 0 Å². The lowest BCUT2D eigenvalue weighted by molar-refractivity contribution is -0.109. The van der Waals surface area contributed by atoms with Crippen LogP contribution in [0.25, 0.3) is 0 Å². The normalized spacial score (nSPS) is 11.1. The van der Waals surface area contributed by atoms with Crippen molar-refractivity contribution in [1.82, 2.24) is 5.32 Å². The minimum absolute atomic E-state index is 0.619. The third-order valence-corrected chi connectivity index (χ3v) is 1.93. The minimum atomic E-state index is -1.36. The van der Waals surface area contributed by atoms with E-state index in [0.29, 0.717) is 19.6 Å². The third kappa shape index (κ3) is 7.65. The summed E-state index contributed by atoms with van der Waals surface area (Å²) in [4.78, 5) is 9.77. The molecule has 0 aliphatic rings. The number of hydrogen-bond donors (Lipinski definition) is 1. The van der Waals surface area contributed by atoms with Gasteiger partial charge in [-0.25, -0.2) is 0 Å². The molecule has 0 aliphatic carbocycles. The van der Waals surface area contributed by atoms with E-state index in [9.17, 15) is 4.79 Å². The molecule has 0 aromatic rings. The van der Waals surface area contributed by atoms with Gasteiger partial charge < -0.3 is 9.74 Å².